The van der Waals surface area contributed by atoms with Gasteiger partial charge in [-0.25, -0.2) is 9.97 Å². The summed E-state index contributed by atoms with van der Waals surface area (Å²) >= 11 is 0. The van der Waals surface area contributed by atoms with Crippen LogP contribution >= 0.6 is 0 Å². The molecule has 1 unspecified atom stereocenters. The highest BCUT2D eigenvalue weighted by atomic mass is 15.1. The minimum atomic E-state index is 0.341. The van der Waals surface area contributed by atoms with Crippen LogP contribution in [0.4, 0.5) is 5.95 Å². The van der Waals surface area contributed by atoms with E-state index in [0.717, 1.165) is 12.1 Å². The molecule has 0 radical (unpaired) electrons. The summed E-state index contributed by atoms with van der Waals surface area (Å²) in [7, 11) is 0. The number of hydrogen-bond donors (Lipinski definition) is 1. The van der Waals surface area contributed by atoms with Gasteiger partial charge in [-0.1, -0.05) is 20.8 Å². The molecule has 0 bridgehead atoms. The maximum atomic E-state index is 8.82. The van der Waals surface area contributed by atoms with Crippen LogP contribution in [0, 0.1) is 24.2 Å². The second kappa shape index (κ2) is 5.45. The van der Waals surface area contributed by atoms with E-state index < -0.39 is 0 Å². The van der Waals surface area contributed by atoms with E-state index in [1.165, 1.54) is 0 Å². The molecule has 0 aliphatic rings. The minimum absolute atomic E-state index is 0.341. The highest BCUT2D eigenvalue weighted by Gasteiger charge is 2.12. The third-order valence-electron chi connectivity index (χ3n) is 2.53. The summed E-state index contributed by atoms with van der Waals surface area (Å²) in [5.74, 6) is 1.07. The Morgan fingerprint density at radius 3 is 2.62 bits per heavy atom. The van der Waals surface area contributed by atoms with Crippen molar-refractivity contribution in [1.82, 2.24) is 9.97 Å². The van der Waals surface area contributed by atoms with Gasteiger partial charge in [0.1, 0.15) is 11.8 Å². The van der Waals surface area contributed by atoms with E-state index in [9.17, 15) is 0 Å². The Hall–Kier alpha value is -1.63. The Morgan fingerprint density at radius 2 is 2.12 bits per heavy atom. The summed E-state index contributed by atoms with van der Waals surface area (Å²) in [6.45, 7) is 8.30. The van der Waals surface area contributed by atoms with Crippen LogP contribution in [0.25, 0.3) is 0 Å². The summed E-state index contributed by atoms with van der Waals surface area (Å²) in [5.41, 5.74) is 1.22. The van der Waals surface area contributed by atoms with Crippen molar-refractivity contribution >= 4 is 5.95 Å². The molecule has 0 fully saturated rings. The molecule has 0 aliphatic carbocycles. The molecule has 1 atom stereocenters. The Kier molecular flexibility index (Phi) is 4.24. The first-order valence-corrected chi connectivity index (χ1v) is 5.59. The van der Waals surface area contributed by atoms with Gasteiger partial charge in [0.05, 0.1) is 0 Å². The van der Waals surface area contributed by atoms with Gasteiger partial charge in [0.2, 0.25) is 5.95 Å². The standard InChI is InChI=1S/C12H18N4/c1-5-11(8(2)3)16-12-14-9(4)6-10(7-13)15-12/h6,8,11H,5H2,1-4H3,(H,14,15,16). The van der Waals surface area contributed by atoms with Gasteiger partial charge in [0.25, 0.3) is 0 Å². The maximum Gasteiger partial charge on any atom is 0.224 e. The quantitative estimate of drug-likeness (QED) is 0.843. The van der Waals surface area contributed by atoms with Crippen molar-refractivity contribution in [3.63, 3.8) is 0 Å². The van der Waals surface area contributed by atoms with Crippen LogP contribution in [0.1, 0.15) is 38.6 Å². The minimum Gasteiger partial charge on any atom is -0.351 e. The Labute approximate surface area is 96.7 Å². The van der Waals surface area contributed by atoms with Crippen molar-refractivity contribution in [3.8, 4) is 6.07 Å². The summed E-state index contributed by atoms with van der Waals surface area (Å²) in [4.78, 5) is 8.42. The van der Waals surface area contributed by atoms with Crippen LogP contribution in [0.3, 0.4) is 0 Å². The van der Waals surface area contributed by atoms with Crippen molar-refractivity contribution in [2.75, 3.05) is 5.32 Å². The molecule has 0 saturated carbocycles. The third kappa shape index (κ3) is 3.20. The lowest BCUT2D eigenvalue weighted by atomic mass is 10.0. The monoisotopic (exact) mass is 218 g/mol. The van der Waals surface area contributed by atoms with Crippen LogP contribution in [-0.2, 0) is 0 Å². The molecule has 0 aliphatic heterocycles. The fraction of sp³-hybridized carbons (Fsp3) is 0.583. The van der Waals surface area contributed by atoms with Gasteiger partial charge in [0.15, 0.2) is 0 Å². The molecule has 1 heterocycles. The van der Waals surface area contributed by atoms with Crippen molar-refractivity contribution in [3.05, 3.63) is 17.5 Å². The molecule has 1 aromatic heterocycles. The number of hydrogen-bond acceptors (Lipinski definition) is 4. The van der Waals surface area contributed by atoms with Gasteiger partial charge in [-0.05, 0) is 25.3 Å². The smallest absolute Gasteiger partial charge is 0.224 e. The van der Waals surface area contributed by atoms with E-state index in [1.54, 1.807) is 6.07 Å². The largest absolute Gasteiger partial charge is 0.351 e. The predicted molar refractivity (Wildman–Crippen MR) is 64.0 cm³/mol. The normalized spacial score (nSPS) is 12.2. The molecule has 16 heavy (non-hydrogen) atoms. The molecule has 1 N–H and O–H groups in total. The maximum absolute atomic E-state index is 8.82. The molecular formula is C12H18N4. The molecule has 0 saturated heterocycles. The molecular weight excluding hydrogens is 200 g/mol. The Bertz CT molecular complexity index is 392. The average Bonchev–Trinajstić information content (AvgIpc) is 2.24. The van der Waals surface area contributed by atoms with E-state index in [-0.39, 0.29) is 0 Å². The molecule has 1 aromatic rings. The number of anilines is 1. The fourth-order valence-electron chi connectivity index (χ4n) is 1.60. The zero-order valence-electron chi connectivity index (χ0n) is 10.3. The second-order valence-corrected chi connectivity index (χ2v) is 4.23. The van der Waals surface area contributed by atoms with Crippen molar-refractivity contribution in [1.29, 1.82) is 5.26 Å². The highest BCUT2D eigenvalue weighted by Crippen LogP contribution is 2.12. The first-order chi connectivity index (χ1) is 7.56. The molecule has 4 nitrogen and oxygen atoms in total. The topological polar surface area (TPSA) is 61.6 Å². The zero-order chi connectivity index (χ0) is 12.1. The second-order valence-electron chi connectivity index (χ2n) is 4.23. The van der Waals surface area contributed by atoms with E-state index in [4.69, 9.17) is 5.26 Å². The van der Waals surface area contributed by atoms with Crippen LogP contribution < -0.4 is 5.32 Å². The molecule has 0 aromatic carbocycles. The first-order valence-electron chi connectivity index (χ1n) is 5.59. The average molecular weight is 218 g/mol. The molecule has 1 rings (SSSR count). The lowest BCUT2D eigenvalue weighted by Crippen LogP contribution is -2.26. The van der Waals surface area contributed by atoms with E-state index in [0.29, 0.717) is 23.6 Å². The predicted octanol–water partition coefficient (Wildman–Crippen LogP) is 2.50. The third-order valence-corrected chi connectivity index (χ3v) is 2.53. The lowest BCUT2D eigenvalue weighted by molar-refractivity contribution is 0.508. The summed E-state index contributed by atoms with van der Waals surface area (Å²) in [5, 5.41) is 12.1. The van der Waals surface area contributed by atoms with E-state index >= 15 is 0 Å². The van der Waals surface area contributed by atoms with Gasteiger partial charge in [-0.3, -0.25) is 0 Å². The lowest BCUT2D eigenvalue weighted by Gasteiger charge is -2.20. The number of nitrogens with one attached hydrogen (secondary N) is 1. The van der Waals surface area contributed by atoms with Crippen LogP contribution in [0.2, 0.25) is 0 Å². The summed E-state index contributed by atoms with van der Waals surface area (Å²) < 4.78 is 0. The SMILES string of the molecule is CCC(Nc1nc(C)cc(C#N)n1)C(C)C. The van der Waals surface area contributed by atoms with Crippen molar-refractivity contribution in [2.45, 2.75) is 40.2 Å². The van der Waals surface area contributed by atoms with Gasteiger partial charge in [0, 0.05) is 11.7 Å². The van der Waals surface area contributed by atoms with Gasteiger partial charge in [-0.2, -0.15) is 5.26 Å². The number of aryl methyl sites for hydroxylation is 1. The zero-order valence-corrected chi connectivity index (χ0v) is 10.3. The number of aromatic nitrogens is 2. The van der Waals surface area contributed by atoms with Gasteiger partial charge in [-0.15, -0.1) is 0 Å². The van der Waals surface area contributed by atoms with Crippen LogP contribution in [0.5, 0.6) is 0 Å². The Morgan fingerprint density at radius 1 is 1.44 bits per heavy atom. The molecule has 0 amide bonds. The fourth-order valence-corrected chi connectivity index (χ4v) is 1.60. The van der Waals surface area contributed by atoms with Crippen molar-refractivity contribution < 1.29 is 0 Å². The molecule has 4 heteroatoms. The van der Waals surface area contributed by atoms with Crippen LogP contribution in [-0.4, -0.2) is 16.0 Å². The summed E-state index contributed by atoms with van der Waals surface area (Å²) in [6.07, 6.45) is 1.01. The number of nitriles is 1. The van der Waals surface area contributed by atoms with Crippen molar-refractivity contribution in [2.24, 2.45) is 5.92 Å². The number of nitrogens with zero attached hydrogens (tertiary/aromatic N) is 3. The van der Waals surface area contributed by atoms with E-state index in [2.05, 4.69) is 36.1 Å². The molecule has 0 spiro atoms. The molecule has 86 valence electrons. The van der Waals surface area contributed by atoms with E-state index in [1.807, 2.05) is 13.0 Å². The van der Waals surface area contributed by atoms with Crippen LogP contribution in [0.15, 0.2) is 6.07 Å². The number of rotatable bonds is 4. The Balaban J connectivity index is 2.88. The summed E-state index contributed by atoms with van der Waals surface area (Å²) in [6, 6.07) is 4.06. The first kappa shape index (κ1) is 12.4. The van der Waals surface area contributed by atoms with Gasteiger partial charge >= 0.3 is 0 Å². The highest BCUT2D eigenvalue weighted by molar-refractivity contribution is 5.33. The van der Waals surface area contributed by atoms with Gasteiger partial charge < -0.3 is 5.32 Å².